The Balaban J connectivity index is 2.83. The minimum Gasteiger partial charge on any atom is -0.481 e. The predicted molar refractivity (Wildman–Crippen MR) is 67.3 cm³/mol. The quantitative estimate of drug-likeness (QED) is 0.578. The molecular formula is C10H11FN2O6S. The van der Waals surface area contributed by atoms with E-state index in [2.05, 4.69) is 0 Å². The molecule has 0 radical (unpaired) electrons. The Morgan fingerprint density at radius 3 is 2.65 bits per heavy atom. The zero-order valence-corrected chi connectivity index (χ0v) is 10.9. The van der Waals surface area contributed by atoms with Crippen LogP contribution in [-0.2, 0) is 14.8 Å². The van der Waals surface area contributed by atoms with E-state index in [1.54, 1.807) is 0 Å². The number of hydrogen-bond acceptors (Lipinski definition) is 5. The third-order valence-corrected chi connectivity index (χ3v) is 3.59. The first-order chi connectivity index (χ1) is 9.21. The van der Waals surface area contributed by atoms with Crippen LogP contribution in [0.15, 0.2) is 18.2 Å². The Morgan fingerprint density at radius 2 is 2.10 bits per heavy atom. The fourth-order valence-electron chi connectivity index (χ4n) is 1.34. The van der Waals surface area contributed by atoms with Crippen molar-refractivity contribution in [1.82, 2.24) is 0 Å². The van der Waals surface area contributed by atoms with Gasteiger partial charge in [0, 0.05) is 18.6 Å². The lowest BCUT2D eigenvalue weighted by atomic mass is 10.3. The zero-order valence-electron chi connectivity index (χ0n) is 10.1. The molecule has 1 rings (SSSR count). The smallest absolute Gasteiger partial charge is 0.303 e. The van der Waals surface area contributed by atoms with E-state index in [1.165, 1.54) is 0 Å². The number of carboxylic acid groups (broad SMARTS) is 1. The molecule has 20 heavy (non-hydrogen) atoms. The van der Waals surface area contributed by atoms with E-state index in [1.807, 2.05) is 4.72 Å². The lowest BCUT2D eigenvalue weighted by Gasteiger charge is -2.08. The third kappa shape index (κ3) is 4.80. The molecule has 0 aliphatic rings. The summed E-state index contributed by atoms with van der Waals surface area (Å²) >= 11 is 0. The van der Waals surface area contributed by atoms with Crippen LogP contribution in [0.1, 0.15) is 12.8 Å². The van der Waals surface area contributed by atoms with Gasteiger partial charge in [0.1, 0.15) is 5.82 Å². The fraction of sp³-hybridized carbons (Fsp3) is 0.300. The molecule has 0 amide bonds. The van der Waals surface area contributed by atoms with Crippen molar-refractivity contribution >= 4 is 27.4 Å². The molecule has 2 N–H and O–H groups in total. The first-order valence-corrected chi connectivity index (χ1v) is 7.03. The Bertz CT molecular complexity index is 631. The van der Waals surface area contributed by atoms with Crippen molar-refractivity contribution in [3.05, 3.63) is 34.1 Å². The minimum atomic E-state index is -3.97. The topological polar surface area (TPSA) is 127 Å². The number of anilines is 1. The summed E-state index contributed by atoms with van der Waals surface area (Å²) in [4.78, 5) is 20.0. The second-order valence-electron chi connectivity index (χ2n) is 3.84. The van der Waals surface area contributed by atoms with E-state index in [9.17, 15) is 27.7 Å². The lowest BCUT2D eigenvalue weighted by Crippen LogP contribution is -2.18. The normalized spacial score (nSPS) is 11.1. The number of nitro groups is 1. The molecule has 0 aromatic heterocycles. The molecule has 0 spiro atoms. The third-order valence-electron chi connectivity index (χ3n) is 2.23. The summed E-state index contributed by atoms with van der Waals surface area (Å²) in [5.74, 6) is -2.64. The molecule has 1 aromatic rings. The molecule has 0 bridgehead atoms. The Kier molecular flexibility index (Phi) is 4.97. The number of benzene rings is 1. The number of carbonyl (C=O) groups is 1. The average molecular weight is 306 g/mol. The summed E-state index contributed by atoms with van der Waals surface area (Å²) in [5, 5.41) is 18.9. The van der Waals surface area contributed by atoms with Crippen LogP contribution < -0.4 is 4.72 Å². The van der Waals surface area contributed by atoms with Crippen LogP contribution >= 0.6 is 0 Å². The van der Waals surface area contributed by atoms with Gasteiger partial charge in [-0.25, -0.2) is 12.8 Å². The summed E-state index contributed by atoms with van der Waals surface area (Å²) in [6.07, 6.45) is -0.500. The molecule has 0 aliphatic carbocycles. The van der Waals surface area contributed by atoms with Crippen LogP contribution in [0.2, 0.25) is 0 Å². The van der Waals surface area contributed by atoms with Crippen molar-refractivity contribution in [3.8, 4) is 0 Å². The van der Waals surface area contributed by atoms with Crippen molar-refractivity contribution in [1.29, 1.82) is 0 Å². The number of halogens is 1. The van der Waals surface area contributed by atoms with E-state index in [4.69, 9.17) is 5.11 Å². The number of sulfonamides is 1. The highest BCUT2D eigenvalue weighted by Gasteiger charge is 2.17. The number of aliphatic carboxylic acids is 1. The van der Waals surface area contributed by atoms with Gasteiger partial charge in [-0.1, -0.05) is 0 Å². The Labute approximate surface area is 113 Å². The Hall–Kier alpha value is -2.23. The molecule has 10 heteroatoms. The van der Waals surface area contributed by atoms with Gasteiger partial charge in [-0.3, -0.25) is 19.6 Å². The number of nitrogens with zero attached hydrogens (tertiary/aromatic N) is 1. The fourth-order valence-corrected chi connectivity index (χ4v) is 2.45. The molecule has 0 saturated heterocycles. The van der Waals surface area contributed by atoms with Crippen LogP contribution in [-0.4, -0.2) is 30.2 Å². The SMILES string of the molecule is O=C(O)CCCS(=O)(=O)Nc1cc([N+](=O)[O-])ccc1F. The highest BCUT2D eigenvalue weighted by atomic mass is 32.2. The first kappa shape index (κ1) is 15.8. The van der Waals surface area contributed by atoms with Crippen molar-refractivity contribution in [2.24, 2.45) is 0 Å². The van der Waals surface area contributed by atoms with Crippen LogP contribution in [0.25, 0.3) is 0 Å². The van der Waals surface area contributed by atoms with Crippen molar-refractivity contribution in [2.45, 2.75) is 12.8 Å². The lowest BCUT2D eigenvalue weighted by molar-refractivity contribution is -0.384. The molecule has 0 aliphatic heterocycles. The molecular weight excluding hydrogens is 295 g/mol. The van der Waals surface area contributed by atoms with E-state index < -0.39 is 43.9 Å². The molecule has 110 valence electrons. The van der Waals surface area contributed by atoms with Crippen LogP contribution in [0.5, 0.6) is 0 Å². The number of carboxylic acids is 1. The molecule has 0 heterocycles. The van der Waals surface area contributed by atoms with Crippen molar-refractivity contribution < 1.29 is 27.6 Å². The van der Waals surface area contributed by atoms with Gasteiger partial charge < -0.3 is 5.11 Å². The number of rotatable bonds is 7. The molecule has 0 atom stereocenters. The summed E-state index contributed by atoms with van der Waals surface area (Å²) in [6.45, 7) is 0. The average Bonchev–Trinajstić information content (AvgIpc) is 2.30. The van der Waals surface area contributed by atoms with Gasteiger partial charge in [-0.15, -0.1) is 0 Å². The molecule has 1 aromatic carbocycles. The second-order valence-corrected chi connectivity index (χ2v) is 5.68. The van der Waals surface area contributed by atoms with Crippen LogP contribution in [0.4, 0.5) is 15.8 Å². The van der Waals surface area contributed by atoms with Gasteiger partial charge in [0.05, 0.1) is 16.4 Å². The predicted octanol–water partition coefficient (Wildman–Crippen LogP) is 1.34. The maximum Gasteiger partial charge on any atom is 0.303 e. The van der Waals surface area contributed by atoms with Crippen molar-refractivity contribution in [2.75, 3.05) is 10.5 Å². The van der Waals surface area contributed by atoms with E-state index in [-0.39, 0.29) is 12.8 Å². The molecule has 8 nitrogen and oxygen atoms in total. The maximum atomic E-state index is 13.4. The largest absolute Gasteiger partial charge is 0.481 e. The summed E-state index contributed by atoms with van der Waals surface area (Å²) in [7, 11) is -3.97. The minimum absolute atomic E-state index is 0.152. The van der Waals surface area contributed by atoms with E-state index in [0.29, 0.717) is 0 Å². The van der Waals surface area contributed by atoms with Crippen molar-refractivity contribution in [3.63, 3.8) is 0 Å². The molecule has 0 fully saturated rings. The maximum absolute atomic E-state index is 13.4. The molecule has 0 unspecified atom stereocenters. The summed E-state index contributed by atoms with van der Waals surface area (Å²) in [6, 6.07) is 2.43. The number of non-ortho nitro benzene ring substituents is 1. The van der Waals surface area contributed by atoms with Crippen LogP contribution in [0, 0.1) is 15.9 Å². The summed E-state index contributed by atoms with van der Waals surface area (Å²) < 4.78 is 38.4. The van der Waals surface area contributed by atoms with Gasteiger partial charge in [-0.2, -0.15) is 0 Å². The van der Waals surface area contributed by atoms with Gasteiger partial charge >= 0.3 is 5.97 Å². The second kappa shape index (κ2) is 6.28. The van der Waals surface area contributed by atoms with Crippen LogP contribution in [0.3, 0.4) is 0 Å². The number of hydrogen-bond donors (Lipinski definition) is 2. The number of nitro benzene ring substituents is 1. The summed E-state index contributed by atoms with van der Waals surface area (Å²) in [5.41, 5.74) is -1.01. The molecule has 0 saturated carbocycles. The van der Waals surface area contributed by atoms with Gasteiger partial charge in [0.25, 0.3) is 5.69 Å². The highest BCUT2D eigenvalue weighted by molar-refractivity contribution is 7.92. The van der Waals surface area contributed by atoms with E-state index >= 15 is 0 Å². The first-order valence-electron chi connectivity index (χ1n) is 5.37. The monoisotopic (exact) mass is 306 g/mol. The highest BCUT2D eigenvalue weighted by Crippen LogP contribution is 2.22. The van der Waals surface area contributed by atoms with Gasteiger partial charge in [0.15, 0.2) is 0 Å². The van der Waals surface area contributed by atoms with Gasteiger partial charge in [0.2, 0.25) is 10.0 Å². The van der Waals surface area contributed by atoms with E-state index in [0.717, 1.165) is 18.2 Å². The zero-order chi connectivity index (χ0) is 15.3. The van der Waals surface area contributed by atoms with Gasteiger partial charge in [-0.05, 0) is 12.5 Å². The standard InChI is InChI=1S/C10H11FN2O6S/c11-8-4-3-7(13(16)17)6-9(8)12-20(18,19)5-1-2-10(14)15/h3-4,6,12H,1-2,5H2,(H,14,15). The number of nitrogens with one attached hydrogen (secondary N) is 1. The Morgan fingerprint density at radius 1 is 1.45 bits per heavy atom.